The first-order valence-corrected chi connectivity index (χ1v) is 6.89. The summed E-state index contributed by atoms with van der Waals surface area (Å²) in [5, 5.41) is 18.7. The Balaban J connectivity index is 2.03. The van der Waals surface area contributed by atoms with E-state index in [-0.39, 0.29) is 10.4 Å². The lowest BCUT2D eigenvalue weighted by Crippen LogP contribution is -2.09. The minimum absolute atomic E-state index is 0.0630. The van der Waals surface area contributed by atoms with Crippen LogP contribution >= 0.6 is 11.3 Å². The second kappa shape index (κ2) is 5.02. The number of hydrogen-bond acceptors (Lipinski definition) is 6. The van der Waals surface area contributed by atoms with Crippen molar-refractivity contribution in [2.24, 2.45) is 7.05 Å². The Morgan fingerprint density at radius 3 is 3.00 bits per heavy atom. The van der Waals surface area contributed by atoms with Crippen molar-refractivity contribution in [1.82, 2.24) is 19.7 Å². The summed E-state index contributed by atoms with van der Waals surface area (Å²) in [5.41, 5.74) is 1.78. The van der Waals surface area contributed by atoms with E-state index in [0.717, 1.165) is 11.3 Å². The monoisotopic (exact) mass is 305 g/mol. The quantitative estimate of drug-likeness (QED) is 0.663. The fourth-order valence-corrected chi connectivity index (χ4v) is 2.61. The standard InChI is InChI=1S/C12H11N5O3S/c1-17-10-7(4-15-17)9(8(3-14-10)11(18)19)13-2-6-5-21-12(20)16-6/h3-5H,2H2,1H3,(H,13,14)(H,16,20)(H,18,19). The van der Waals surface area contributed by atoms with Crippen molar-refractivity contribution in [3.05, 3.63) is 38.7 Å². The van der Waals surface area contributed by atoms with E-state index in [2.05, 4.69) is 20.4 Å². The number of fused-ring (bicyclic) bond motifs is 1. The van der Waals surface area contributed by atoms with Crippen molar-refractivity contribution < 1.29 is 9.90 Å². The predicted octanol–water partition coefficient (Wildman–Crippen LogP) is 1.03. The molecule has 0 amide bonds. The Morgan fingerprint density at radius 1 is 1.52 bits per heavy atom. The SMILES string of the molecule is Cn1ncc2c(NCc3csc(=O)[nH]3)c(C(=O)O)cnc21. The first kappa shape index (κ1) is 13.3. The summed E-state index contributed by atoms with van der Waals surface area (Å²) < 4.78 is 1.57. The van der Waals surface area contributed by atoms with Gasteiger partial charge in [0, 0.05) is 24.3 Å². The average molecular weight is 305 g/mol. The van der Waals surface area contributed by atoms with E-state index >= 15 is 0 Å². The van der Waals surface area contributed by atoms with Crippen LogP contribution in [-0.2, 0) is 13.6 Å². The van der Waals surface area contributed by atoms with Crippen LogP contribution in [0.1, 0.15) is 16.1 Å². The smallest absolute Gasteiger partial charge is 0.339 e. The maximum absolute atomic E-state index is 11.3. The molecule has 3 heterocycles. The van der Waals surface area contributed by atoms with Crippen molar-refractivity contribution in [2.75, 3.05) is 5.32 Å². The van der Waals surface area contributed by atoms with Gasteiger partial charge in [-0.3, -0.25) is 9.48 Å². The lowest BCUT2D eigenvalue weighted by molar-refractivity contribution is 0.0697. The van der Waals surface area contributed by atoms with Crippen molar-refractivity contribution in [2.45, 2.75) is 6.54 Å². The van der Waals surface area contributed by atoms with Gasteiger partial charge >= 0.3 is 10.8 Å². The molecule has 0 radical (unpaired) electrons. The van der Waals surface area contributed by atoms with Crippen LogP contribution in [0.5, 0.6) is 0 Å². The molecule has 8 nitrogen and oxygen atoms in total. The van der Waals surface area contributed by atoms with E-state index in [4.69, 9.17) is 0 Å². The number of carboxylic acids is 1. The third-order valence-corrected chi connectivity index (χ3v) is 3.74. The Labute approximate surface area is 122 Å². The second-order valence-electron chi connectivity index (χ2n) is 4.38. The Hall–Kier alpha value is -2.68. The fourth-order valence-electron chi connectivity index (χ4n) is 2.03. The van der Waals surface area contributed by atoms with Gasteiger partial charge < -0.3 is 15.4 Å². The van der Waals surface area contributed by atoms with E-state index < -0.39 is 5.97 Å². The fraction of sp³-hybridized carbons (Fsp3) is 0.167. The van der Waals surface area contributed by atoms with Crippen molar-refractivity contribution >= 4 is 34.0 Å². The van der Waals surface area contributed by atoms with Crippen molar-refractivity contribution in [1.29, 1.82) is 0 Å². The molecule has 0 aliphatic heterocycles. The Bertz CT molecular complexity index is 879. The largest absolute Gasteiger partial charge is 0.478 e. The number of carbonyl (C=O) groups is 1. The molecule has 3 rings (SSSR count). The number of H-pyrrole nitrogens is 1. The highest BCUT2D eigenvalue weighted by Gasteiger charge is 2.16. The van der Waals surface area contributed by atoms with Gasteiger partial charge in [0.1, 0.15) is 5.56 Å². The number of rotatable bonds is 4. The van der Waals surface area contributed by atoms with Crippen LogP contribution in [0.3, 0.4) is 0 Å². The molecule has 21 heavy (non-hydrogen) atoms. The average Bonchev–Trinajstić information content (AvgIpc) is 3.03. The van der Waals surface area contributed by atoms with Crippen LogP contribution in [-0.4, -0.2) is 30.8 Å². The van der Waals surface area contributed by atoms with Gasteiger partial charge in [0.25, 0.3) is 0 Å². The number of aromatic carboxylic acids is 1. The van der Waals surface area contributed by atoms with E-state index in [1.165, 1.54) is 6.20 Å². The number of pyridine rings is 1. The number of thiazole rings is 1. The molecule has 0 saturated heterocycles. The number of aromatic amines is 1. The highest BCUT2D eigenvalue weighted by Crippen LogP contribution is 2.26. The molecule has 9 heteroatoms. The third kappa shape index (κ3) is 2.38. The molecule has 0 bridgehead atoms. The van der Waals surface area contributed by atoms with Gasteiger partial charge in [-0.25, -0.2) is 9.78 Å². The maximum Gasteiger partial charge on any atom is 0.339 e. The molecule has 0 atom stereocenters. The molecule has 3 aromatic heterocycles. The summed E-state index contributed by atoms with van der Waals surface area (Å²) in [6.45, 7) is 0.313. The molecule has 108 valence electrons. The maximum atomic E-state index is 11.3. The number of aryl methyl sites for hydroxylation is 1. The molecular weight excluding hydrogens is 294 g/mol. The van der Waals surface area contributed by atoms with Gasteiger partial charge in [-0.2, -0.15) is 5.10 Å². The molecular formula is C12H11N5O3S. The normalized spacial score (nSPS) is 10.9. The van der Waals surface area contributed by atoms with Crippen molar-refractivity contribution in [3.63, 3.8) is 0 Å². The molecule has 0 saturated carbocycles. The summed E-state index contributed by atoms with van der Waals surface area (Å²) in [7, 11) is 1.73. The van der Waals surface area contributed by atoms with Crippen molar-refractivity contribution in [3.8, 4) is 0 Å². The van der Waals surface area contributed by atoms with Gasteiger partial charge in [0.2, 0.25) is 0 Å². The van der Waals surface area contributed by atoms with E-state index in [9.17, 15) is 14.7 Å². The zero-order valence-corrected chi connectivity index (χ0v) is 11.8. The lowest BCUT2D eigenvalue weighted by Gasteiger charge is -2.09. The van der Waals surface area contributed by atoms with E-state index in [1.807, 2.05) is 0 Å². The van der Waals surface area contributed by atoms with Crippen LogP contribution in [0.25, 0.3) is 11.0 Å². The predicted molar refractivity (Wildman–Crippen MR) is 77.7 cm³/mol. The summed E-state index contributed by atoms with van der Waals surface area (Å²) >= 11 is 1.06. The van der Waals surface area contributed by atoms with Crippen LogP contribution in [0.4, 0.5) is 5.69 Å². The van der Waals surface area contributed by atoms with Crippen LogP contribution in [0, 0.1) is 0 Å². The molecule has 0 spiro atoms. The number of aromatic nitrogens is 4. The number of nitrogens with zero attached hydrogens (tertiary/aromatic N) is 3. The number of anilines is 1. The Kier molecular flexibility index (Phi) is 3.18. The summed E-state index contributed by atoms with van der Waals surface area (Å²) in [4.78, 5) is 29.1. The van der Waals surface area contributed by atoms with Gasteiger partial charge in [-0.15, -0.1) is 0 Å². The zero-order chi connectivity index (χ0) is 15.0. The molecule has 0 fully saturated rings. The molecule has 0 aromatic carbocycles. The molecule has 3 N–H and O–H groups in total. The molecule has 3 aromatic rings. The van der Waals surface area contributed by atoms with Gasteiger partial charge in [0.15, 0.2) is 5.65 Å². The number of nitrogens with one attached hydrogen (secondary N) is 2. The minimum Gasteiger partial charge on any atom is -0.478 e. The number of hydrogen-bond donors (Lipinski definition) is 3. The summed E-state index contributed by atoms with van der Waals surface area (Å²) in [5.74, 6) is -1.07. The topological polar surface area (TPSA) is 113 Å². The van der Waals surface area contributed by atoms with Gasteiger partial charge in [-0.05, 0) is 0 Å². The van der Waals surface area contributed by atoms with Gasteiger partial charge in [0.05, 0.1) is 23.8 Å². The highest BCUT2D eigenvalue weighted by atomic mass is 32.1. The first-order chi connectivity index (χ1) is 10.1. The van der Waals surface area contributed by atoms with Gasteiger partial charge in [-0.1, -0.05) is 11.3 Å². The third-order valence-electron chi connectivity index (χ3n) is 3.02. The minimum atomic E-state index is -1.07. The van der Waals surface area contributed by atoms with E-state index in [1.54, 1.807) is 23.3 Å². The Morgan fingerprint density at radius 2 is 2.33 bits per heavy atom. The summed E-state index contributed by atoms with van der Waals surface area (Å²) in [6.07, 6.45) is 2.86. The number of carboxylic acid groups (broad SMARTS) is 1. The van der Waals surface area contributed by atoms with Crippen LogP contribution in [0.15, 0.2) is 22.6 Å². The highest BCUT2D eigenvalue weighted by molar-refractivity contribution is 7.07. The second-order valence-corrected chi connectivity index (χ2v) is 5.23. The summed E-state index contributed by atoms with van der Waals surface area (Å²) in [6, 6.07) is 0. The van der Waals surface area contributed by atoms with Crippen LogP contribution in [0.2, 0.25) is 0 Å². The lowest BCUT2D eigenvalue weighted by atomic mass is 10.2. The molecule has 0 unspecified atom stereocenters. The first-order valence-electron chi connectivity index (χ1n) is 6.01. The molecule has 0 aliphatic carbocycles. The zero-order valence-electron chi connectivity index (χ0n) is 11.0. The van der Waals surface area contributed by atoms with Crippen LogP contribution < -0.4 is 10.2 Å². The van der Waals surface area contributed by atoms with E-state index in [0.29, 0.717) is 29.0 Å². The molecule has 0 aliphatic rings.